The van der Waals surface area contributed by atoms with Gasteiger partial charge >= 0.3 is 5.97 Å². The summed E-state index contributed by atoms with van der Waals surface area (Å²) in [6, 6.07) is 2.33. The Bertz CT molecular complexity index is 385. The lowest BCUT2D eigenvalue weighted by molar-refractivity contribution is -0.155. The summed E-state index contributed by atoms with van der Waals surface area (Å²) in [6.45, 7) is 5.19. The van der Waals surface area contributed by atoms with Crippen LogP contribution in [-0.2, 0) is 14.3 Å². The third-order valence-electron chi connectivity index (χ3n) is 3.94. The molecule has 2 bridgehead atoms. The molecule has 4 nitrogen and oxygen atoms in total. The molecule has 0 saturated heterocycles. The van der Waals surface area contributed by atoms with E-state index in [9.17, 15) is 4.79 Å². The number of methoxy groups -OCH3 is 1. The zero-order valence-electron chi connectivity index (χ0n) is 10.2. The predicted octanol–water partition coefficient (Wildman–Crippen LogP) is 1.67. The van der Waals surface area contributed by atoms with Crippen LogP contribution in [0.2, 0.25) is 0 Å². The first-order chi connectivity index (χ1) is 8.10. The Morgan fingerprint density at radius 3 is 2.41 bits per heavy atom. The molecule has 0 aromatic carbocycles. The van der Waals surface area contributed by atoms with E-state index in [1.165, 1.54) is 0 Å². The van der Waals surface area contributed by atoms with E-state index in [-0.39, 0.29) is 35.9 Å². The lowest BCUT2D eigenvalue weighted by atomic mass is 9.94. The Kier molecular flexibility index (Phi) is 3.21. The Labute approximate surface area is 101 Å². The molecule has 0 aromatic rings. The van der Waals surface area contributed by atoms with Gasteiger partial charge in [-0.15, -0.1) is 0 Å². The number of carbonyl (C=O) groups excluding carboxylic acids is 1. The molecule has 0 radical (unpaired) electrons. The number of hydrogen-bond acceptors (Lipinski definition) is 4. The van der Waals surface area contributed by atoms with Crippen molar-refractivity contribution in [3.8, 4) is 6.07 Å². The van der Waals surface area contributed by atoms with Crippen LogP contribution in [0.1, 0.15) is 19.8 Å². The fraction of sp³-hybridized carbons (Fsp3) is 0.692. The van der Waals surface area contributed by atoms with E-state index < -0.39 is 0 Å². The standard InChI is InChI=1S/C13H17NO3/c1-7(2)13(15)17-12-9-5-4-8(10(9)6-14)11(12)16-3/h8-12H,1,4-5H2,2-3H3. The summed E-state index contributed by atoms with van der Waals surface area (Å²) >= 11 is 0. The molecule has 2 rings (SSSR count). The quantitative estimate of drug-likeness (QED) is 0.551. The molecule has 2 aliphatic rings. The van der Waals surface area contributed by atoms with Crippen molar-refractivity contribution >= 4 is 5.97 Å². The third-order valence-corrected chi connectivity index (χ3v) is 3.94. The van der Waals surface area contributed by atoms with Crippen LogP contribution < -0.4 is 0 Å². The molecule has 0 amide bonds. The summed E-state index contributed by atoms with van der Waals surface area (Å²) in [5.41, 5.74) is 0.385. The Balaban J connectivity index is 2.15. The SMILES string of the molecule is C=C(C)C(=O)OC1C2CCC(C2C#N)C1OC. The lowest BCUT2D eigenvalue weighted by Crippen LogP contribution is -2.38. The van der Waals surface area contributed by atoms with Crippen LogP contribution in [0.4, 0.5) is 0 Å². The van der Waals surface area contributed by atoms with Gasteiger partial charge in [0.05, 0.1) is 18.1 Å². The fourth-order valence-corrected chi connectivity index (χ4v) is 3.17. The van der Waals surface area contributed by atoms with Gasteiger partial charge in [-0.2, -0.15) is 5.26 Å². The first-order valence-corrected chi connectivity index (χ1v) is 5.89. The maximum Gasteiger partial charge on any atom is 0.333 e. The van der Waals surface area contributed by atoms with Gasteiger partial charge in [-0.1, -0.05) is 6.58 Å². The summed E-state index contributed by atoms with van der Waals surface area (Å²) in [5, 5.41) is 9.16. The van der Waals surface area contributed by atoms with Gasteiger partial charge in [-0.3, -0.25) is 0 Å². The Morgan fingerprint density at radius 2 is 1.94 bits per heavy atom. The first-order valence-electron chi connectivity index (χ1n) is 5.89. The lowest BCUT2D eigenvalue weighted by Gasteiger charge is -2.29. The summed E-state index contributed by atoms with van der Waals surface area (Å²) in [4.78, 5) is 11.6. The van der Waals surface area contributed by atoms with E-state index in [1.807, 2.05) is 0 Å². The average Bonchev–Trinajstić information content (AvgIpc) is 2.83. The van der Waals surface area contributed by atoms with E-state index in [4.69, 9.17) is 14.7 Å². The molecule has 17 heavy (non-hydrogen) atoms. The van der Waals surface area contributed by atoms with Crippen molar-refractivity contribution in [1.29, 1.82) is 5.26 Å². The number of ether oxygens (including phenoxy) is 2. The topological polar surface area (TPSA) is 59.3 Å². The number of fused-ring (bicyclic) bond motifs is 2. The van der Waals surface area contributed by atoms with E-state index in [0.29, 0.717) is 5.57 Å². The molecule has 5 atom stereocenters. The number of nitrogens with zero attached hydrogens (tertiary/aromatic N) is 1. The van der Waals surface area contributed by atoms with Crippen LogP contribution >= 0.6 is 0 Å². The molecule has 2 aliphatic carbocycles. The normalized spacial score (nSPS) is 38.8. The van der Waals surface area contributed by atoms with Crippen molar-refractivity contribution in [3.05, 3.63) is 12.2 Å². The van der Waals surface area contributed by atoms with Gasteiger partial charge in [0.2, 0.25) is 0 Å². The molecule has 0 spiro atoms. The molecule has 5 unspecified atom stereocenters. The minimum atomic E-state index is -0.388. The molecule has 92 valence electrons. The van der Waals surface area contributed by atoms with Crippen molar-refractivity contribution in [1.82, 2.24) is 0 Å². The number of esters is 1. The van der Waals surface area contributed by atoms with Gasteiger partial charge in [-0.25, -0.2) is 4.79 Å². The van der Waals surface area contributed by atoms with Crippen LogP contribution in [0.15, 0.2) is 12.2 Å². The Morgan fingerprint density at radius 1 is 1.35 bits per heavy atom. The minimum Gasteiger partial charge on any atom is -0.456 e. The molecule has 2 fully saturated rings. The van der Waals surface area contributed by atoms with Crippen LogP contribution in [0, 0.1) is 29.1 Å². The third kappa shape index (κ3) is 1.85. The highest BCUT2D eigenvalue weighted by molar-refractivity contribution is 5.87. The Hall–Kier alpha value is -1.34. The van der Waals surface area contributed by atoms with Crippen molar-refractivity contribution in [2.24, 2.45) is 17.8 Å². The summed E-state index contributed by atoms with van der Waals surface area (Å²) < 4.78 is 10.8. The number of nitriles is 1. The van der Waals surface area contributed by atoms with E-state index >= 15 is 0 Å². The molecule has 2 saturated carbocycles. The molecule has 4 heteroatoms. The second-order valence-electron chi connectivity index (χ2n) is 4.91. The van der Waals surface area contributed by atoms with Gasteiger partial charge in [0.1, 0.15) is 6.10 Å². The molecular weight excluding hydrogens is 218 g/mol. The van der Waals surface area contributed by atoms with E-state index in [0.717, 1.165) is 12.8 Å². The molecule has 0 heterocycles. The number of hydrogen-bond donors (Lipinski definition) is 0. The summed E-state index contributed by atoms with van der Waals surface area (Å²) in [7, 11) is 1.61. The molecule has 0 aromatic heterocycles. The van der Waals surface area contributed by atoms with Gasteiger partial charge in [0.25, 0.3) is 0 Å². The average molecular weight is 235 g/mol. The highest BCUT2D eigenvalue weighted by Gasteiger charge is 2.57. The second kappa shape index (κ2) is 4.50. The van der Waals surface area contributed by atoms with E-state index in [1.54, 1.807) is 14.0 Å². The van der Waals surface area contributed by atoms with Gasteiger partial charge in [-0.05, 0) is 19.8 Å². The van der Waals surface area contributed by atoms with Crippen LogP contribution in [-0.4, -0.2) is 25.3 Å². The van der Waals surface area contributed by atoms with Crippen molar-refractivity contribution in [3.63, 3.8) is 0 Å². The predicted molar refractivity (Wildman–Crippen MR) is 60.8 cm³/mol. The van der Waals surface area contributed by atoms with Crippen LogP contribution in [0.25, 0.3) is 0 Å². The zero-order chi connectivity index (χ0) is 12.6. The summed E-state index contributed by atoms with van der Waals surface area (Å²) in [5.74, 6) is -0.0969. The fourth-order valence-electron chi connectivity index (χ4n) is 3.17. The highest BCUT2D eigenvalue weighted by Crippen LogP contribution is 2.51. The van der Waals surface area contributed by atoms with Crippen molar-refractivity contribution in [2.45, 2.75) is 32.0 Å². The van der Waals surface area contributed by atoms with Gasteiger partial charge in [0.15, 0.2) is 0 Å². The zero-order valence-corrected chi connectivity index (χ0v) is 10.2. The molecule has 0 aliphatic heterocycles. The monoisotopic (exact) mass is 235 g/mol. The molecule has 0 N–H and O–H groups in total. The maximum absolute atomic E-state index is 11.6. The largest absolute Gasteiger partial charge is 0.456 e. The minimum absolute atomic E-state index is 0.0390. The first kappa shape index (κ1) is 12.1. The van der Waals surface area contributed by atoms with Crippen molar-refractivity contribution in [2.75, 3.05) is 7.11 Å². The maximum atomic E-state index is 11.6. The molecular formula is C13H17NO3. The van der Waals surface area contributed by atoms with Crippen LogP contribution in [0.5, 0.6) is 0 Å². The van der Waals surface area contributed by atoms with Crippen molar-refractivity contribution < 1.29 is 14.3 Å². The van der Waals surface area contributed by atoms with Crippen LogP contribution in [0.3, 0.4) is 0 Å². The second-order valence-corrected chi connectivity index (χ2v) is 4.91. The number of carbonyl (C=O) groups is 1. The summed E-state index contributed by atoms with van der Waals surface area (Å²) in [6.07, 6.45) is 1.51. The van der Waals surface area contributed by atoms with E-state index in [2.05, 4.69) is 12.6 Å². The number of rotatable bonds is 3. The van der Waals surface area contributed by atoms with Gasteiger partial charge < -0.3 is 9.47 Å². The smallest absolute Gasteiger partial charge is 0.333 e. The van der Waals surface area contributed by atoms with Gasteiger partial charge in [0, 0.05) is 24.5 Å². The highest BCUT2D eigenvalue weighted by atomic mass is 16.6.